The third-order valence-electron chi connectivity index (χ3n) is 2.81. The second kappa shape index (κ2) is 4.23. The molecule has 0 saturated heterocycles. The number of hydrogen-bond acceptors (Lipinski definition) is 2. The average Bonchev–Trinajstić information content (AvgIpc) is 2.17. The van der Waals surface area contributed by atoms with E-state index in [0.717, 1.165) is 5.56 Å². The SMILES string of the molecule is CC(C)c1ccc(O)c(C(C)(C)CO)c1. The normalized spacial score (nSPS) is 12.1. The Morgan fingerprint density at radius 1 is 1.27 bits per heavy atom. The number of hydrogen-bond donors (Lipinski definition) is 2. The molecule has 0 heterocycles. The van der Waals surface area contributed by atoms with Crippen molar-refractivity contribution in [1.29, 1.82) is 0 Å². The summed E-state index contributed by atoms with van der Waals surface area (Å²) in [5.41, 5.74) is 1.61. The first-order valence-corrected chi connectivity index (χ1v) is 5.32. The Labute approximate surface area is 91.6 Å². The molecule has 0 aliphatic heterocycles. The molecule has 1 aromatic rings. The van der Waals surface area contributed by atoms with E-state index < -0.39 is 5.41 Å². The van der Waals surface area contributed by atoms with Crippen LogP contribution in [-0.4, -0.2) is 16.8 Å². The van der Waals surface area contributed by atoms with Gasteiger partial charge < -0.3 is 10.2 Å². The molecule has 1 aromatic carbocycles. The molecule has 84 valence electrons. The molecule has 0 fully saturated rings. The van der Waals surface area contributed by atoms with Crippen LogP contribution in [0.15, 0.2) is 18.2 Å². The molecule has 2 nitrogen and oxygen atoms in total. The van der Waals surface area contributed by atoms with Gasteiger partial charge in [0.2, 0.25) is 0 Å². The Hall–Kier alpha value is -1.02. The van der Waals surface area contributed by atoms with E-state index in [1.54, 1.807) is 6.07 Å². The largest absolute Gasteiger partial charge is 0.508 e. The number of benzene rings is 1. The first kappa shape index (κ1) is 12.1. The third-order valence-corrected chi connectivity index (χ3v) is 2.81. The lowest BCUT2D eigenvalue weighted by Gasteiger charge is -2.24. The highest BCUT2D eigenvalue weighted by Crippen LogP contribution is 2.32. The Morgan fingerprint density at radius 2 is 1.87 bits per heavy atom. The monoisotopic (exact) mass is 208 g/mol. The predicted molar refractivity (Wildman–Crippen MR) is 62.3 cm³/mol. The summed E-state index contributed by atoms with van der Waals surface area (Å²) in [6.07, 6.45) is 0. The van der Waals surface area contributed by atoms with Crippen LogP contribution in [0.1, 0.15) is 44.7 Å². The van der Waals surface area contributed by atoms with Crippen molar-refractivity contribution >= 4 is 0 Å². The fourth-order valence-electron chi connectivity index (χ4n) is 1.54. The molecule has 0 spiro atoms. The minimum absolute atomic E-state index is 0.0299. The number of phenolic OH excluding ortho intramolecular Hbond substituents is 1. The lowest BCUT2D eigenvalue weighted by Crippen LogP contribution is -2.22. The molecule has 0 unspecified atom stereocenters. The molecule has 0 radical (unpaired) electrons. The predicted octanol–water partition coefficient (Wildman–Crippen LogP) is 2.79. The fourth-order valence-corrected chi connectivity index (χ4v) is 1.54. The van der Waals surface area contributed by atoms with E-state index in [2.05, 4.69) is 13.8 Å². The summed E-state index contributed by atoms with van der Waals surface area (Å²) in [7, 11) is 0. The highest BCUT2D eigenvalue weighted by molar-refractivity contribution is 5.41. The van der Waals surface area contributed by atoms with Crippen LogP contribution in [0.5, 0.6) is 5.75 Å². The maximum Gasteiger partial charge on any atom is 0.119 e. The van der Waals surface area contributed by atoms with E-state index in [-0.39, 0.29) is 12.4 Å². The van der Waals surface area contributed by atoms with Gasteiger partial charge in [-0.25, -0.2) is 0 Å². The molecular weight excluding hydrogens is 188 g/mol. The van der Waals surface area contributed by atoms with Gasteiger partial charge in [0.1, 0.15) is 5.75 Å². The molecule has 0 saturated carbocycles. The van der Waals surface area contributed by atoms with Gasteiger partial charge in [-0.2, -0.15) is 0 Å². The summed E-state index contributed by atoms with van der Waals surface area (Å²) in [4.78, 5) is 0. The van der Waals surface area contributed by atoms with E-state index in [1.807, 2.05) is 26.0 Å². The topological polar surface area (TPSA) is 40.5 Å². The van der Waals surface area contributed by atoms with Crippen LogP contribution in [0, 0.1) is 0 Å². The van der Waals surface area contributed by atoms with Crippen LogP contribution in [0.2, 0.25) is 0 Å². The Bertz CT molecular complexity index is 340. The Kier molecular flexibility index (Phi) is 3.40. The fraction of sp³-hybridized carbons (Fsp3) is 0.538. The van der Waals surface area contributed by atoms with E-state index >= 15 is 0 Å². The van der Waals surface area contributed by atoms with Gasteiger partial charge in [0.25, 0.3) is 0 Å². The van der Waals surface area contributed by atoms with Crippen molar-refractivity contribution in [3.8, 4) is 5.75 Å². The van der Waals surface area contributed by atoms with Crippen LogP contribution in [-0.2, 0) is 5.41 Å². The van der Waals surface area contributed by atoms with Crippen molar-refractivity contribution in [1.82, 2.24) is 0 Å². The summed E-state index contributed by atoms with van der Waals surface area (Å²) in [6, 6.07) is 5.62. The summed E-state index contributed by atoms with van der Waals surface area (Å²) >= 11 is 0. The van der Waals surface area contributed by atoms with Gasteiger partial charge in [-0.15, -0.1) is 0 Å². The number of aliphatic hydroxyl groups excluding tert-OH is 1. The second-order valence-electron chi connectivity index (χ2n) is 4.97. The molecule has 0 aliphatic carbocycles. The van der Waals surface area contributed by atoms with Crippen molar-refractivity contribution in [2.24, 2.45) is 0 Å². The van der Waals surface area contributed by atoms with Gasteiger partial charge in [0.05, 0.1) is 6.61 Å². The maximum absolute atomic E-state index is 9.77. The van der Waals surface area contributed by atoms with Crippen LogP contribution in [0.4, 0.5) is 0 Å². The number of rotatable bonds is 3. The van der Waals surface area contributed by atoms with Gasteiger partial charge in [-0.3, -0.25) is 0 Å². The number of aliphatic hydroxyl groups is 1. The lowest BCUT2D eigenvalue weighted by molar-refractivity contribution is 0.215. The van der Waals surface area contributed by atoms with E-state index in [4.69, 9.17) is 0 Å². The number of phenols is 1. The average molecular weight is 208 g/mol. The standard InChI is InChI=1S/C13H20O2/c1-9(2)10-5-6-12(15)11(7-10)13(3,4)8-14/h5-7,9,14-15H,8H2,1-4H3. The third kappa shape index (κ3) is 2.51. The van der Waals surface area contributed by atoms with Crippen molar-refractivity contribution in [3.63, 3.8) is 0 Å². The molecule has 2 heteroatoms. The van der Waals surface area contributed by atoms with E-state index in [9.17, 15) is 10.2 Å². The van der Waals surface area contributed by atoms with Gasteiger partial charge in [0.15, 0.2) is 0 Å². The summed E-state index contributed by atoms with van der Waals surface area (Å²) in [5.74, 6) is 0.692. The molecule has 15 heavy (non-hydrogen) atoms. The molecule has 0 atom stereocenters. The quantitative estimate of drug-likeness (QED) is 0.802. The van der Waals surface area contributed by atoms with Gasteiger partial charge >= 0.3 is 0 Å². The molecule has 0 bridgehead atoms. The number of aromatic hydroxyl groups is 1. The van der Waals surface area contributed by atoms with Crippen LogP contribution < -0.4 is 0 Å². The summed E-state index contributed by atoms with van der Waals surface area (Å²) in [6.45, 7) is 8.10. The van der Waals surface area contributed by atoms with E-state index in [0.29, 0.717) is 5.92 Å². The van der Waals surface area contributed by atoms with Gasteiger partial charge in [-0.05, 0) is 17.5 Å². The zero-order chi connectivity index (χ0) is 11.6. The molecule has 0 aliphatic rings. The summed E-state index contributed by atoms with van der Waals surface area (Å²) < 4.78 is 0. The minimum atomic E-state index is -0.394. The van der Waals surface area contributed by atoms with Gasteiger partial charge in [0, 0.05) is 11.0 Å². The zero-order valence-corrected chi connectivity index (χ0v) is 9.91. The lowest BCUT2D eigenvalue weighted by atomic mass is 9.83. The van der Waals surface area contributed by atoms with E-state index in [1.165, 1.54) is 5.56 Å². The first-order valence-electron chi connectivity index (χ1n) is 5.32. The van der Waals surface area contributed by atoms with Crippen molar-refractivity contribution in [2.45, 2.75) is 39.0 Å². The molecule has 0 amide bonds. The molecule has 2 N–H and O–H groups in total. The van der Waals surface area contributed by atoms with Crippen LogP contribution in [0.25, 0.3) is 0 Å². The smallest absolute Gasteiger partial charge is 0.119 e. The van der Waals surface area contributed by atoms with Crippen LogP contribution in [0.3, 0.4) is 0 Å². The van der Waals surface area contributed by atoms with Gasteiger partial charge in [-0.1, -0.05) is 39.8 Å². The summed E-state index contributed by atoms with van der Waals surface area (Å²) in [5, 5.41) is 19.1. The highest BCUT2D eigenvalue weighted by atomic mass is 16.3. The van der Waals surface area contributed by atoms with Crippen molar-refractivity contribution in [2.75, 3.05) is 6.61 Å². The highest BCUT2D eigenvalue weighted by Gasteiger charge is 2.23. The molecule has 0 aromatic heterocycles. The molecule has 1 rings (SSSR count). The molecular formula is C13H20O2. The second-order valence-corrected chi connectivity index (χ2v) is 4.97. The zero-order valence-electron chi connectivity index (χ0n) is 9.91. The minimum Gasteiger partial charge on any atom is -0.508 e. The van der Waals surface area contributed by atoms with Crippen molar-refractivity contribution < 1.29 is 10.2 Å². The Morgan fingerprint density at radius 3 is 2.33 bits per heavy atom. The van der Waals surface area contributed by atoms with Crippen molar-refractivity contribution in [3.05, 3.63) is 29.3 Å². The first-order chi connectivity index (χ1) is 6.88. The maximum atomic E-state index is 9.77. The van der Waals surface area contributed by atoms with Crippen LogP contribution >= 0.6 is 0 Å². The Balaban J connectivity index is 3.22.